The lowest BCUT2D eigenvalue weighted by atomic mass is 9.68. The highest BCUT2D eigenvalue weighted by atomic mass is 35.5. The fourth-order valence-electron chi connectivity index (χ4n) is 5.23. The summed E-state index contributed by atoms with van der Waals surface area (Å²) in [7, 11) is -3.36. The molecule has 1 aromatic carbocycles. The quantitative estimate of drug-likeness (QED) is 0.527. The maximum Gasteiger partial charge on any atom is 0.183 e. The van der Waals surface area contributed by atoms with Crippen molar-refractivity contribution in [2.45, 2.75) is 37.6 Å². The van der Waals surface area contributed by atoms with Gasteiger partial charge in [0.15, 0.2) is 21.3 Å². The molecule has 2 saturated heterocycles. The van der Waals surface area contributed by atoms with Crippen LogP contribution in [0.15, 0.2) is 29.3 Å². The van der Waals surface area contributed by atoms with Crippen LogP contribution in [0, 0.1) is 22.7 Å². The molecule has 2 aromatic rings. The van der Waals surface area contributed by atoms with Crippen molar-refractivity contribution in [3.05, 3.63) is 40.7 Å². The van der Waals surface area contributed by atoms with Crippen LogP contribution in [0.4, 0.5) is 11.6 Å². The molecule has 0 bridgehead atoms. The Bertz CT molecular complexity index is 1260. The molecule has 1 aromatic heterocycles. The second kappa shape index (κ2) is 10.5. The molecule has 2 atom stereocenters. The van der Waals surface area contributed by atoms with Gasteiger partial charge in [-0.1, -0.05) is 24.6 Å². The number of aliphatic hydroxyl groups excluding tert-OH is 1. The predicted molar refractivity (Wildman–Crippen MR) is 140 cm³/mol. The minimum atomic E-state index is -3.36. The van der Waals surface area contributed by atoms with E-state index in [1.165, 1.54) is 18.6 Å². The van der Waals surface area contributed by atoms with Crippen molar-refractivity contribution in [1.82, 2.24) is 14.9 Å². The van der Waals surface area contributed by atoms with E-state index in [0.29, 0.717) is 28.1 Å². The molecule has 11 heteroatoms. The standard InChI is InChI=1S/C25H33ClN6O3S/c1-17(20-6-5-19(11-21(20)26)36(3,34)35)29-24-22(12-27)28-13-23(30-24)32-14-18(15-32)25(2)7-4-8-31(16-25)9-10-33/h5-6,11,13,17-18,33H,4,7-10,14-16H2,1-3H3,(H,29,30)/t17-,25+/m1/s1. The number of benzene rings is 1. The van der Waals surface area contributed by atoms with Gasteiger partial charge in [0.2, 0.25) is 0 Å². The van der Waals surface area contributed by atoms with E-state index in [-0.39, 0.29) is 28.7 Å². The molecule has 3 heterocycles. The van der Waals surface area contributed by atoms with E-state index in [4.69, 9.17) is 16.6 Å². The van der Waals surface area contributed by atoms with Gasteiger partial charge in [0.1, 0.15) is 11.9 Å². The first-order valence-electron chi connectivity index (χ1n) is 12.2. The molecule has 0 saturated carbocycles. The largest absolute Gasteiger partial charge is 0.395 e. The molecule has 2 fully saturated rings. The molecule has 0 amide bonds. The molecule has 2 N–H and O–H groups in total. The van der Waals surface area contributed by atoms with Crippen LogP contribution in [0.25, 0.3) is 0 Å². The number of aliphatic hydroxyl groups is 1. The Morgan fingerprint density at radius 3 is 2.78 bits per heavy atom. The summed E-state index contributed by atoms with van der Waals surface area (Å²) in [5.41, 5.74) is 1.08. The number of aromatic nitrogens is 2. The first-order valence-corrected chi connectivity index (χ1v) is 14.4. The summed E-state index contributed by atoms with van der Waals surface area (Å²) in [5.74, 6) is 1.61. The fraction of sp³-hybridized carbons (Fsp3) is 0.560. The Balaban J connectivity index is 1.46. The topological polar surface area (TPSA) is 122 Å². The van der Waals surface area contributed by atoms with Crippen LogP contribution in [-0.4, -0.2) is 74.0 Å². The van der Waals surface area contributed by atoms with Gasteiger partial charge in [-0.15, -0.1) is 0 Å². The maximum atomic E-state index is 11.8. The SMILES string of the molecule is C[C@@H](Nc1nc(N2CC([C@@]3(C)CCCN(CCO)C3)C2)cnc1C#N)c1ccc(S(C)(=O)=O)cc1Cl. The molecule has 0 radical (unpaired) electrons. The first-order chi connectivity index (χ1) is 17.0. The number of hydrogen-bond donors (Lipinski definition) is 2. The van der Waals surface area contributed by atoms with Gasteiger partial charge in [0.05, 0.1) is 23.7 Å². The highest BCUT2D eigenvalue weighted by molar-refractivity contribution is 7.90. The minimum absolute atomic E-state index is 0.154. The van der Waals surface area contributed by atoms with Gasteiger partial charge in [-0.3, -0.25) is 0 Å². The Morgan fingerprint density at radius 1 is 1.39 bits per heavy atom. The first kappa shape index (κ1) is 26.6. The van der Waals surface area contributed by atoms with Gasteiger partial charge < -0.3 is 20.2 Å². The minimum Gasteiger partial charge on any atom is -0.395 e. The van der Waals surface area contributed by atoms with Crippen LogP contribution < -0.4 is 10.2 Å². The average Bonchev–Trinajstić information content (AvgIpc) is 2.77. The summed E-state index contributed by atoms with van der Waals surface area (Å²) in [4.78, 5) is 13.7. The van der Waals surface area contributed by atoms with Gasteiger partial charge in [-0.05, 0) is 49.4 Å². The molecule has 9 nitrogen and oxygen atoms in total. The van der Waals surface area contributed by atoms with Crippen LogP contribution in [0.1, 0.15) is 44.0 Å². The van der Waals surface area contributed by atoms with Gasteiger partial charge in [-0.2, -0.15) is 5.26 Å². The number of nitriles is 1. The van der Waals surface area contributed by atoms with Crippen molar-refractivity contribution in [3.8, 4) is 6.07 Å². The van der Waals surface area contributed by atoms with Crippen LogP contribution in [0.5, 0.6) is 0 Å². The molecule has 36 heavy (non-hydrogen) atoms. The van der Waals surface area contributed by atoms with Gasteiger partial charge >= 0.3 is 0 Å². The zero-order chi connectivity index (χ0) is 26.1. The van der Waals surface area contributed by atoms with E-state index in [2.05, 4.69) is 33.1 Å². The lowest BCUT2D eigenvalue weighted by molar-refractivity contribution is 0.0288. The summed E-state index contributed by atoms with van der Waals surface area (Å²) in [6.45, 7) is 8.91. The summed E-state index contributed by atoms with van der Waals surface area (Å²) in [6, 6.07) is 6.39. The number of β-amino-alcohol motifs (C(OH)–C–C–N with tert-alkyl or cyclic N) is 1. The highest BCUT2D eigenvalue weighted by Crippen LogP contribution is 2.42. The molecule has 194 valence electrons. The lowest BCUT2D eigenvalue weighted by Crippen LogP contribution is -2.58. The zero-order valence-electron chi connectivity index (χ0n) is 20.9. The number of nitrogens with zero attached hydrogens (tertiary/aromatic N) is 5. The maximum absolute atomic E-state index is 11.8. The van der Waals surface area contributed by atoms with Gasteiger partial charge in [-0.25, -0.2) is 18.4 Å². The van der Waals surface area contributed by atoms with Crippen molar-refractivity contribution in [2.24, 2.45) is 11.3 Å². The summed E-state index contributed by atoms with van der Waals surface area (Å²) >= 11 is 6.39. The normalized spacial score (nSPS) is 22.1. The van der Waals surface area contributed by atoms with Crippen molar-refractivity contribution in [2.75, 3.05) is 55.8 Å². The van der Waals surface area contributed by atoms with Crippen molar-refractivity contribution >= 4 is 33.1 Å². The number of anilines is 2. The number of piperidine rings is 1. The fourth-order valence-corrected chi connectivity index (χ4v) is 6.29. The molecule has 2 aliphatic rings. The van der Waals surface area contributed by atoms with Crippen LogP contribution in [-0.2, 0) is 9.84 Å². The van der Waals surface area contributed by atoms with E-state index in [0.717, 1.165) is 45.4 Å². The zero-order valence-corrected chi connectivity index (χ0v) is 22.5. The number of halogens is 1. The summed E-state index contributed by atoms with van der Waals surface area (Å²) < 4.78 is 23.6. The monoisotopic (exact) mass is 532 g/mol. The second-order valence-electron chi connectivity index (χ2n) is 10.2. The molecule has 0 aliphatic carbocycles. The highest BCUT2D eigenvalue weighted by Gasteiger charge is 2.44. The van der Waals surface area contributed by atoms with E-state index in [1.54, 1.807) is 12.3 Å². The molecular formula is C25H33ClN6O3S. The Labute approximate surface area is 218 Å². The van der Waals surface area contributed by atoms with Crippen LogP contribution >= 0.6 is 11.6 Å². The Hall–Kier alpha value is -2.45. The number of rotatable bonds is 8. The van der Waals surface area contributed by atoms with E-state index in [9.17, 15) is 18.8 Å². The summed E-state index contributed by atoms with van der Waals surface area (Å²) in [5, 5.41) is 22.5. The third-order valence-electron chi connectivity index (χ3n) is 7.50. The molecule has 0 spiro atoms. The third-order valence-corrected chi connectivity index (χ3v) is 8.94. The van der Waals surface area contributed by atoms with Crippen LogP contribution in [0.3, 0.4) is 0 Å². The summed E-state index contributed by atoms with van der Waals surface area (Å²) in [6.07, 6.45) is 5.10. The Morgan fingerprint density at radius 2 is 2.14 bits per heavy atom. The van der Waals surface area contributed by atoms with Crippen molar-refractivity contribution in [3.63, 3.8) is 0 Å². The smallest absolute Gasteiger partial charge is 0.183 e. The lowest BCUT2D eigenvalue weighted by Gasteiger charge is -2.53. The molecule has 2 aliphatic heterocycles. The average molecular weight is 533 g/mol. The molecular weight excluding hydrogens is 500 g/mol. The number of hydrogen-bond acceptors (Lipinski definition) is 9. The molecule has 4 rings (SSSR count). The van der Waals surface area contributed by atoms with E-state index < -0.39 is 9.84 Å². The van der Waals surface area contributed by atoms with E-state index >= 15 is 0 Å². The van der Waals surface area contributed by atoms with Gasteiger partial charge in [0.25, 0.3) is 0 Å². The van der Waals surface area contributed by atoms with Gasteiger partial charge in [0, 0.05) is 43.4 Å². The molecule has 0 unspecified atom stereocenters. The number of nitrogens with one attached hydrogen (secondary N) is 1. The number of likely N-dealkylation sites (tertiary alicyclic amines) is 1. The van der Waals surface area contributed by atoms with Crippen LogP contribution in [0.2, 0.25) is 5.02 Å². The van der Waals surface area contributed by atoms with Crippen molar-refractivity contribution in [1.29, 1.82) is 5.26 Å². The number of sulfone groups is 1. The second-order valence-corrected chi connectivity index (χ2v) is 12.6. The van der Waals surface area contributed by atoms with Crippen molar-refractivity contribution < 1.29 is 13.5 Å². The third kappa shape index (κ3) is 5.59. The van der Waals surface area contributed by atoms with E-state index in [1.807, 2.05) is 6.92 Å². The Kier molecular flexibility index (Phi) is 7.76. The predicted octanol–water partition coefficient (Wildman–Crippen LogP) is 3.11.